The number of carbonyl (C=O) groups excluding carboxylic acids is 1. The predicted molar refractivity (Wildman–Crippen MR) is 62.9 cm³/mol. The highest BCUT2D eigenvalue weighted by atomic mass is 16.3. The molecule has 0 spiro atoms. The van der Waals surface area contributed by atoms with E-state index in [0.29, 0.717) is 22.9 Å². The first-order valence-electron chi connectivity index (χ1n) is 5.97. The lowest BCUT2D eigenvalue weighted by Gasteiger charge is -2.06. The third-order valence-corrected chi connectivity index (χ3v) is 3.47. The van der Waals surface area contributed by atoms with E-state index in [1.165, 1.54) is 12.8 Å². The van der Waals surface area contributed by atoms with Crippen LogP contribution >= 0.6 is 0 Å². The van der Waals surface area contributed by atoms with Gasteiger partial charge in [0.25, 0.3) is 0 Å². The number of aromatic amines is 1. The zero-order chi connectivity index (χ0) is 11.7. The summed E-state index contributed by atoms with van der Waals surface area (Å²) in [4.78, 5) is 11.3. The molecule has 0 amide bonds. The second kappa shape index (κ2) is 4.20. The Morgan fingerprint density at radius 3 is 2.88 bits per heavy atom. The molecule has 1 saturated carbocycles. The van der Waals surface area contributed by atoms with Gasteiger partial charge in [-0.1, -0.05) is 12.8 Å². The maximum absolute atomic E-state index is 11.3. The Balaban J connectivity index is 2.03. The molecule has 0 aromatic carbocycles. The van der Waals surface area contributed by atoms with E-state index in [2.05, 4.69) is 10.2 Å². The molecule has 1 aliphatic rings. The fourth-order valence-corrected chi connectivity index (χ4v) is 2.61. The number of aldehydes is 1. The zero-order valence-electron chi connectivity index (χ0n) is 9.48. The average molecular weight is 230 g/mol. The van der Waals surface area contributed by atoms with Gasteiger partial charge < -0.3 is 4.42 Å². The summed E-state index contributed by atoms with van der Waals surface area (Å²) in [5, 5.41) is 7.24. The van der Waals surface area contributed by atoms with E-state index in [-0.39, 0.29) is 0 Å². The largest absolute Gasteiger partial charge is 0.463 e. The van der Waals surface area contributed by atoms with Crippen molar-refractivity contribution in [3.63, 3.8) is 0 Å². The van der Waals surface area contributed by atoms with Crippen LogP contribution in [0.25, 0.3) is 11.5 Å². The van der Waals surface area contributed by atoms with Crippen molar-refractivity contribution in [3.05, 3.63) is 29.7 Å². The highest BCUT2D eigenvalue weighted by Crippen LogP contribution is 2.36. The number of furan rings is 1. The minimum Gasteiger partial charge on any atom is -0.463 e. The summed E-state index contributed by atoms with van der Waals surface area (Å²) in [6.07, 6.45) is 7.22. The Labute approximate surface area is 99.0 Å². The summed E-state index contributed by atoms with van der Waals surface area (Å²) in [5.74, 6) is 1.10. The number of hydrogen-bond acceptors (Lipinski definition) is 3. The molecule has 88 valence electrons. The van der Waals surface area contributed by atoms with Gasteiger partial charge in [0.2, 0.25) is 0 Å². The van der Waals surface area contributed by atoms with Crippen molar-refractivity contribution in [2.24, 2.45) is 0 Å². The molecule has 0 atom stereocenters. The van der Waals surface area contributed by atoms with Gasteiger partial charge >= 0.3 is 0 Å². The third-order valence-electron chi connectivity index (χ3n) is 3.47. The summed E-state index contributed by atoms with van der Waals surface area (Å²) in [6.45, 7) is 0. The Morgan fingerprint density at radius 1 is 1.41 bits per heavy atom. The lowest BCUT2D eigenvalue weighted by Crippen LogP contribution is -1.97. The lowest BCUT2D eigenvalue weighted by atomic mass is 9.99. The molecule has 0 bridgehead atoms. The molecular formula is C13H14N2O2. The standard InChI is InChI=1S/C13H14N2O2/c16-8-10-12(9-4-1-2-5-9)14-15-13(10)11-6-3-7-17-11/h3,6-9H,1-2,4-5H2,(H,14,15). The predicted octanol–water partition coefficient (Wildman–Crippen LogP) is 3.14. The number of nitrogens with one attached hydrogen (secondary N) is 1. The summed E-state index contributed by atoms with van der Waals surface area (Å²) in [7, 11) is 0. The number of nitrogens with zero attached hydrogens (tertiary/aromatic N) is 1. The lowest BCUT2D eigenvalue weighted by molar-refractivity contribution is 0.112. The van der Waals surface area contributed by atoms with Crippen molar-refractivity contribution < 1.29 is 9.21 Å². The van der Waals surface area contributed by atoms with Crippen LogP contribution < -0.4 is 0 Å². The number of carbonyl (C=O) groups is 1. The summed E-state index contributed by atoms with van der Waals surface area (Å²) < 4.78 is 5.30. The fourth-order valence-electron chi connectivity index (χ4n) is 2.61. The number of rotatable bonds is 3. The molecule has 0 radical (unpaired) electrons. The molecule has 0 saturated heterocycles. The third kappa shape index (κ3) is 1.69. The van der Waals surface area contributed by atoms with E-state index in [0.717, 1.165) is 24.8 Å². The molecular weight excluding hydrogens is 216 g/mol. The smallest absolute Gasteiger partial charge is 0.154 e. The van der Waals surface area contributed by atoms with E-state index in [1.54, 1.807) is 12.3 Å². The van der Waals surface area contributed by atoms with Crippen LogP contribution in [0.5, 0.6) is 0 Å². The second-order valence-corrected chi connectivity index (χ2v) is 4.48. The van der Waals surface area contributed by atoms with Crippen molar-refractivity contribution in [1.82, 2.24) is 10.2 Å². The van der Waals surface area contributed by atoms with Crippen molar-refractivity contribution in [3.8, 4) is 11.5 Å². The summed E-state index contributed by atoms with van der Waals surface area (Å²) in [5.41, 5.74) is 2.27. The Bertz CT molecular complexity index is 508. The van der Waals surface area contributed by atoms with E-state index < -0.39 is 0 Å². The Morgan fingerprint density at radius 2 is 2.24 bits per heavy atom. The van der Waals surface area contributed by atoms with Gasteiger partial charge in [0, 0.05) is 11.6 Å². The molecule has 1 aliphatic carbocycles. The molecule has 1 N–H and O–H groups in total. The first-order chi connectivity index (χ1) is 8.40. The second-order valence-electron chi connectivity index (χ2n) is 4.48. The van der Waals surface area contributed by atoms with E-state index in [4.69, 9.17) is 4.42 Å². The molecule has 2 aromatic heterocycles. The van der Waals surface area contributed by atoms with Crippen LogP contribution in [0.3, 0.4) is 0 Å². The van der Waals surface area contributed by atoms with E-state index in [1.807, 2.05) is 6.07 Å². The molecule has 2 aromatic rings. The molecule has 1 fully saturated rings. The fraction of sp³-hybridized carbons (Fsp3) is 0.385. The van der Waals surface area contributed by atoms with Crippen LogP contribution in [-0.4, -0.2) is 16.5 Å². The molecule has 0 unspecified atom stereocenters. The maximum atomic E-state index is 11.3. The zero-order valence-corrected chi connectivity index (χ0v) is 9.48. The monoisotopic (exact) mass is 230 g/mol. The minimum absolute atomic E-state index is 0.450. The van der Waals surface area contributed by atoms with Gasteiger partial charge in [0.05, 0.1) is 11.8 Å². The van der Waals surface area contributed by atoms with Crippen LogP contribution in [-0.2, 0) is 0 Å². The number of H-pyrrole nitrogens is 1. The van der Waals surface area contributed by atoms with Gasteiger partial charge in [-0.05, 0) is 25.0 Å². The highest BCUT2D eigenvalue weighted by molar-refractivity contribution is 5.86. The Hall–Kier alpha value is -1.84. The topological polar surface area (TPSA) is 58.9 Å². The van der Waals surface area contributed by atoms with Crippen LogP contribution in [0.2, 0.25) is 0 Å². The number of hydrogen-bond donors (Lipinski definition) is 1. The van der Waals surface area contributed by atoms with Crippen molar-refractivity contribution in [2.45, 2.75) is 31.6 Å². The van der Waals surface area contributed by atoms with Gasteiger partial charge in [-0.25, -0.2) is 0 Å². The quantitative estimate of drug-likeness (QED) is 0.824. The molecule has 17 heavy (non-hydrogen) atoms. The van der Waals surface area contributed by atoms with E-state index in [9.17, 15) is 4.79 Å². The van der Waals surface area contributed by atoms with Gasteiger partial charge in [-0.3, -0.25) is 9.89 Å². The first kappa shape index (κ1) is 10.3. The van der Waals surface area contributed by atoms with Crippen LogP contribution in [0.1, 0.15) is 47.7 Å². The van der Waals surface area contributed by atoms with Crippen LogP contribution in [0.4, 0.5) is 0 Å². The first-order valence-corrected chi connectivity index (χ1v) is 5.97. The molecule has 0 aliphatic heterocycles. The molecule has 2 heterocycles. The summed E-state index contributed by atoms with van der Waals surface area (Å²) in [6, 6.07) is 3.62. The normalized spacial score (nSPS) is 16.5. The highest BCUT2D eigenvalue weighted by Gasteiger charge is 2.25. The molecule has 4 nitrogen and oxygen atoms in total. The van der Waals surface area contributed by atoms with Gasteiger partial charge in [-0.15, -0.1) is 0 Å². The van der Waals surface area contributed by atoms with Crippen molar-refractivity contribution in [1.29, 1.82) is 0 Å². The van der Waals surface area contributed by atoms with Crippen molar-refractivity contribution >= 4 is 6.29 Å². The van der Waals surface area contributed by atoms with Gasteiger partial charge in [0.1, 0.15) is 5.69 Å². The molecule has 3 rings (SSSR count). The minimum atomic E-state index is 0.450. The SMILES string of the molecule is O=Cc1c(-c2ccco2)n[nH]c1C1CCCC1. The van der Waals surface area contributed by atoms with Crippen LogP contribution in [0, 0.1) is 0 Å². The maximum Gasteiger partial charge on any atom is 0.154 e. The summed E-state index contributed by atoms with van der Waals surface area (Å²) >= 11 is 0. The average Bonchev–Trinajstić information content (AvgIpc) is 3.09. The van der Waals surface area contributed by atoms with Crippen LogP contribution in [0.15, 0.2) is 22.8 Å². The van der Waals surface area contributed by atoms with E-state index >= 15 is 0 Å². The molecule has 4 heteroatoms. The Kier molecular flexibility index (Phi) is 2.55. The van der Waals surface area contributed by atoms with Gasteiger partial charge in [-0.2, -0.15) is 5.10 Å². The van der Waals surface area contributed by atoms with Crippen molar-refractivity contribution in [2.75, 3.05) is 0 Å². The van der Waals surface area contributed by atoms with Gasteiger partial charge in [0.15, 0.2) is 12.0 Å². The number of aromatic nitrogens is 2.